The molecule has 0 bridgehead atoms. The molecule has 0 unspecified atom stereocenters. The molecule has 0 heterocycles. The monoisotopic (exact) mass is 87.0 g/mol. The van der Waals surface area contributed by atoms with Gasteiger partial charge < -0.3 is 0 Å². The summed E-state index contributed by atoms with van der Waals surface area (Å²) in [4.78, 5) is 0. The highest BCUT2D eigenvalue weighted by Gasteiger charge is 1.68. The van der Waals surface area contributed by atoms with Crippen molar-refractivity contribution in [3.8, 4) is 0 Å². The highest BCUT2D eigenvalue weighted by Crippen LogP contribution is 1.91. The van der Waals surface area contributed by atoms with Crippen LogP contribution in [-0.2, 0) is 0 Å². The first-order valence-corrected chi connectivity index (χ1v) is 2.94. The Kier molecular flexibility index (Phi) is 4.65. The van der Waals surface area contributed by atoms with Gasteiger partial charge in [-0.15, -0.1) is 0 Å². The summed E-state index contributed by atoms with van der Waals surface area (Å²) in [6, 6.07) is 0. The van der Waals surface area contributed by atoms with E-state index in [9.17, 15) is 0 Å². The average Bonchev–Trinajstić information content (AvgIpc) is 1.41. The van der Waals surface area contributed by atoms with E-state index in [1.807, 2.05) is 6.26 Å². The molecule has 0 saturated heterocycles. The molecule has 0 aliphatic rings. The highest BCUT2D eigenvalue weighted by molar-refractivity contribution is 7.98. The van der Waals surface area contributed by atoms with E-state index in [0.29, 0.717) is 6.42 Å². The standard InChI is InChI=1S/C4H7S/c1-3-4-5-2/h3-4H2,2H3. The smallest absolute Gasteiger partial charge is 0.00644 e. The Morgan fingerprint density at radius 3 is 2.40 bits per heavy atom. The van der Waals surface area contributed by atoms with Crippen molar-refractivity contribution < 1.29 is 0 Å². The summed E-state index contributed by atoms with van der Waals surface area (Å²) in [7, 11) is 0. The Balaban J connectivity index is 2.19. The molecule has 0 spiro atoms. The summed E-state index contributed by atoms with van der Waals surface area (Å²) in [5, 5.41) is 0. The van der Waals surface area contributed by atoms with Gasteiger partial charge in [0.2, 0.25) is 0 Å². The Labute approximate surface area is 38.0 Å². The van der Waals surface area contributed by atoms with Gasteiger partial charge in [-0.3, -0.25) is 0 Å². The Bertz CT molecular complexity index is 11.1. The van der Waals surface area contributed by atoms with E-state index in [1.54, 1.807) is 11.8 Å². The number of hydrogen-bond donors (Lipinski definition) is 0. The predicted molar refractivity (Wildman–Crippen MR) is 26.2 cm³/mol. The molecular weight excluding hydrogens is 80.1 g/mol. The third-order valence-electron chi connectivity index (χ3n) is 0.306. The molecule has 0 aromatic carbocycles. The van der Waals surface area contributed by atoms with E-state index in [4.69, 9.17) is 6.92 Å². The van der Waals surface area contributed by atoms with Gasteiger partial charge in [0.25, 0.3) is 0 Å². The first-order valence-electron chi connectivity index (χ1n) is 1.55. The minimum absolute atomic E-state index is 0.557. The van der Waals surface area contributed by atoms with E-state index < -0.39 is 0 Å². The Morgan fingerprint density at radius 1 is 1.80 bits per heavy atom. The second kappa shape index (κ2) is 4.35. The van der Waals surface area contributed by atoms with E-state index in [-0.39, 0.29) is 0 Å². The lowest BCUT2D eigenvalue weighted by molar-refractivity contribution is 1.25. The van der Waals surface area contributed by atoms with Crippen LogP contribution in [0.3, 0.4) is 0 Å². The molecule has 0 atom stereocenters. The van der Waals surface area contributed by atoms with Crippen LogP contribution < -0.4 is 0 Å². The lowest BCUT2D eigenvalue weighted by Gasteiger charge is -1.79. The van der Waals surface area contributed by atoms with Crippen molar-refractivity contribution in [2.45, 2.75) is 6.42 Å². The van der Waals surface area contributed by atoms with Crippen molar-refractivity contribution >= 4 is 11.8 Å². The van der Waals surface area contributed by atoms with Crippen LogP contribution in [0.4, 0.5) is 0 Å². The van der Waals surface area contributed by atoms with Gasteiger partial charge in [0, 0.05) is 0 Å². The van der Waals surface area contributed by atoms with Crippen molar-refractivity contribution in [2.75, 3.05) is 12.0 Å². The van der Waals surface area contributed by atoms with Crippen LogP contribution in [0.2, 0.25) is 0 Å². The summed E-state index contributed by atoms with van der Waals surface area (Å²) in [6.45, 7) is 6.58. The third kappa shape index (κ3) is 4.35. The number of hydrogen-bond acceptors (Lipinski definition) is 1. The van der Waals surface area contributed by atoms with Crippen molar-refractivity contribution in [1.82, 2.24) is 0 Å². The van der Waals surface area contributed by atoms with Gasteiger partial charge in [-0.1, -0.05) is 0 Å². The summed E-state index contributed by atoms with van der Waals surface area (Å²) < 4.78 is 0. The van der Waals surface area contributed by atoms with E-state index >= 15 is 0 Å². The molecule has 0 fully saturated rings. The summed E-state index contributed by atoms with van der Waals surface area (Å²) in [5.41, 5.74) is 0. The number of rotatable bonds is 2. The molecule has 1 heteroatoms. The largest absolute Gasteiger partial charge is 0.165 e. The van der Waals surface area contributed by atoms with Gasteiger partial charge in [0.1, 0.15) is 0 Å². The summed E-state index contributed by atoms with van der Waals surface area (Å²) in [5.74, 6) is 0.972. The van der Waals surface area contributed by atoms with Crippen LogP contribution in [0.1, 0.15) is 6.42 Å². The first-order chi connectivity index (χ1) is 2.41. The molecule has 3 radical (unpaired) electrons. The van der Waals surface area contributed by atoms with Crippen LogP contribution in [0.25, 0.3) is 0 Å². The fourth-order valence-corrected chi connectivity index (χ4v) is 0.306. The normalized spacial score (nSPS) is 8.40. The molecule has 0 aromatic heterocycles. The van der Waals surface area contributed by atoms with E-state index in [2.05, 4.69) is 0 Å². The molecule has 0 aliphatic heterocycles. The fourth-order valence-electron chi connectivity index (χ4n) is 0.102. The van der Waals surface area contributed by atoms with Gasteiger partial charge in [0.05, 0.1) is 0 Å². The van der Waals surface area contributed by atoms with Gasteiger partial charge in [-0.2, -0.15) is 11.8 Å². The molecule has 0 nitrogen and oxygen atoms in total. The zero-order valence-electron chi connectivity index (χ0n) is 3.32. The second-order valence-electron chi connectivity index (χ2n) is 0.743. The molecule has 0 amide bonds. The van der Waals surface area contributed by atoms with Crippen molar-refractivity contribution in [2.24, 2.45) is 0 Å². The summed E-state index contributed by atoms with van der Waals surface area (Å²) >= 11 is 1.71. The topological polar surface area (TPSA) is 0 Å². The highest BCUT2D eigenvalue weighted by atomic mass is 32.2. The molecule has 29 valence electrons. The predicted octanol–water partition coefficient (Wildman–Crippen LogP) is 1.33. The molecule has 0 N–H and O–H groups in total. The van der Waals surface area contributed by atoms with E-state index in [1.165, 1.54) is 0 Å². The molecular formula is C4H7S. The van der Waals surface area contributed by atoms with Crippen LogP contribution >= 0.6 is 11.8 Å². The lowest BCUT2D eigenvalue weighted by Crippen LogP contribution is -1.65. The lowest BCUT2D eigenvalue weighted by atomic mass is 10.6. The molecule has 0 aliphatic carbocycles. The SMILES string of the molecule is [C]CCSC. The molecule has 5 heavy (non-hydrogen) atoms. The van der Waals surface area contributed by atoms with Crippen LogP contribution in [0, 0.1) is 6.92 Å². The van der Waals surface area contributed by atoms with Crippen molar-refractivity contribution in [3.63, 3.8) is 0 Å². The maximum Gasteiger partial charge on any atom is -0.00644 e. The maximum absolute atomic E-state index is 6.58. The second-order valence-corrected chi connectivity index (χ2v) is 1.73. The maximum atomic E-state index is 6.58. The molecule has 0 aromatic rings. The zero-order valence-corrected chi connectivity index (χ0v) is 4.14. The Hall–Kier alpha value is 0.350. The Morgan fingerprint density at radius 2 is 2.40 bits per heavy atom. The van der Waals surface area contributed by atoms with Crippen LogP contribution in [0.5, 0.6) is 0 Å². The van der Waals surface area contributed by atoms with Gasteiger partial charge in [-0.25, -0.2) is 0 Å². The van der Waals surface area contributed by atoms with Crippen LogP contribution in [-0.4, -0.2) is 12.0 Å². The number of thioether (sulfide) groups is 1. The quantitative estimate of drug-likeness (QED) is 0.489. The zero-order chi connectivity index (χ0) is 4.12. The minimum atomic E-state index is 0.557. The van der Waals surface area contributed by atoms with Crippen molar-refractivity contribution in [3.05, 3.63) is 6.92 Å². The fraction of sp³-hybridized carbons (Fsp3) is 0.750. The third-order valence-corrected chi connectivity index (χ3v) is 0.919. The molecule has 0 saturated carbocycles. The average molecular weight is 87.2 g/mol. The summed E-state index contributed by atoms with van der Waals surface area (Å²) in [6.07, 6.45) is 2.57. The van der Waals surface area contributed by atoms with Gasteiger partial charge in [0.15, 0.2) is 0 Å². The van der Waals surface area contributed by atoms with Crippen molar-refractivity contribution in [1.29, 1.82) is 0 Å². The molecule has 0 rings (SSSR count). The van der Waals surface area contributed by atoms with E-state index in [0.717, 1.165) is 5.75 Å². The van der Waals surface area contributed by atoms with Gasteiger partial charge in [-0.05, 0) is 25.4 Å². The first kappa shape index (κ1) is 5.35. The van der Waals surface area contributed by atoms with Crippen LogP contribution in [0.15, 0.2) is 0 Å². The van der Waals surface area contributed by atoms with Gasteiger partial charge >= 0.3 is 0 Å². The minimum Gasteiger partial charge on any atom is -0.165 e.